The summed E-state index contributed by atoms with van der Waals surface area (Å²) in [4.78, 5) is 12.3. The van der Waals surface area contributed by atoms with Crippen LogP contribution in [0.4, 0.5) is 0 Å². The highest BCUT2D eigenvalue weighted by Crippen LogP contribution is 2.19. The fourth-order valence-electron chi connectivity index (χ4n) is 2.82. The van der Waals surface area contributed by atoms with Crippen LogP contribution in [0.2, 0.25) is 5.02 Å². The third-order valence-electron chi connectivity index (χ3n) is 4.44. The average Bonchev–Trinajstić information content (AvgIpc) is 3.25. The number of rotatable bonds is 8. The molecule has 0 unspecified atom stereocenters. The van der Waals surface area contributed by atoms with Gasteiger partial charge in [-0.15, -0.1) is 0 Å². The maximum atomic E-state index is 12.3. The predicted octanol–water partition coefficient (Wildman–Crippen LogP) is 3.51. The van der Waals surface area contributed by atoms with Crippen LogP contribution in [0, 0.1) is 20.8 Å². The third-order valence-corrected chi connectivity index (χ3v) is 4.99. The van der Waals surface area contributed by atoms with Gasteiger partial charge >= 0.3 is 0 Å². The van der Waals surface area contributed by atoms with Crippen LogP contribution in [0.25, 0.3) is 0 Å². The average molecular weight is 402 g/mol. The third kappa shape index (κ3) is 4.72. The second-order valence-electron chi connectivity index (χ2n) is 6.60. The molecule has 0 atom stereocenters. The lowest BCUT2D eigenvalue weighted by Gasteiger charge is -2.08. The van der Waals surface area contributed by atoms with Crippen LogP contribution < -0.4 is 10.1 Å². The lowest BCUT2D eigenvalue weighted by Crippen LogP contribution is -2.26. The van der Waals surface area contributed by atoms with Gasteiger partial charge in [0.1, 0.15) is 11.4 Å². The summed E-state index contributed by atoms with van der Waals surface area (Å²) in [6, 6.07) is 9.45. The van der Waals surface area contributed by atoms with E-state index in [0.717, 1.165) is 29.1 Å². The maximum Gasteiger partial charge on any atom is 0.271 e. The number of benzene rings is 1. The Hall–Kier alpha value is -2.80. The molecule has 1 amide bonds. The minimum atomic E-state index is -0.207. The van der Waals surface area contributed by atoms with Crippen LogP contribution in [-0.2, 0) is 13.3 Å². The van der Waals surface area contributed by atoms with Gasteiger partial charge in [-0.1, -0.05) is 29.8 Å². The first-order valence-electron chi connectivity index (χ1n) is 9.15. The van der Waals surface area contributed by atoms with Crippen molar-refractivity contribution in [2.75, 3.05) is 6.54 Å². The molecule has 0 saturated carbocycles. The zero-order valence-corrected chi connectivity index (χ0v) is 17.0. The van der Waals surface area contributed by atoms with Crippen molar-refractivity contribution < 1.29 is 9.53 Å². The summed E-state index contributed by atoms with van der Waals surface area (Å²) in [6.45, 7) is 7.27. The zero-order chi connectivity index (χ0) is 20.1. The number of halogens is 1. The van der Waals surface area contributed by atoms with Gasteiger partial charge in [-0.25, -0.2) is 4.68 Å². The first-order chi connectivity index (χ1) is 13.5. The van der Waals surface area contributed by atoms with Gasteiger partial charge in [-0.05, 0) is 44.9 Å². The monoisotopic (exact) mass is 401 g/mol. The summed E-state index contributed by atoms with van der Waals surface area (Å²) in [5.41, 5.74) is 3.18. The van der Waals surface area contributed by atoms with Crippen LogP contribution in [0.1, 0.15) is 33.9 Å². The van der Waals surface area contributed by atoms with Gasteiger partial charge in [0.05, 0.1) is 16.4 Å². The summed E-state index contributed by atoms with van der Waals surface area (Å²) < 4.78 is 9.19. The van der Waals surface area contributed by atoms with E-state index in [1.165, 1.54) is 0 Å². The summed E-state index contributed by atoms with van der Waals surface area (Å²) >= 11 is 6.14. The van der Waals surface area contributed by atoms with Crippen molar-refractivity contribution in [1.29, 1.82) is 0 Å². The van der Waals surface area contributed by atoms with E-state index < -0.39 is 0 Å². The number of amides is 1. The molecule has 7 nitrogen and oxygen atoms in total. The van der Waals surface area contributed by atoms with E-state index in [-0.39, 0.29) is 12.6 Å². The fraction of sp³-hybridized carbons (Fsp3) is 0.350. The van der Waals surface area contributed by atoms with Gasteiger partial charge in [0.25, 0.3) is 5.91 Å². The van der Waals surface area contributed by atoms with Crippen LogP contribution in [0.15, 0.2) is 36.5 Å². The molecule has 8 heteroatoms. The highest BCUT2D eigenvalue weighted by molar-refractivity contribution is 6.31. The van der Waals surface area contributed by atoms with Gasteiger partial charge < -0.3 is 10.1 Å². The smallest absolute Gasteiger partial charge is 0.271 e. The van der Waals surface area contributed by atoms with Gasteiger partial charge in [0.2, 0.25) is 0 Å². The Labute approximate surface area is 169 Å². The lowest BCUT2D eigenvalue weighted by molar-refractivity contribution is 0.0945. The molecule has 28 heavy (non-hydrogen) atoms. The Kier molecular flexibility index (Phi) is 6.36. The lowest BCUT2D eigenvalue weighted by atomic mass is 10.2. The van der Waals surface area contributed by atoms with E-state index in [0.29, 0.717) is 23.8 Å². The van der Waals surface area contributed by atoms with Crippen LogP contribution in [0.5, 0.6) is 5.75 Å². The van der Waals surface area contributed by atoms with Gasteiger partial charge in [-0.2, -0.15) is 10.2 Å². The molecule has 2 heterocycles. The summed E-state index contributed by atoms with van der Waals surface area (Å²) in [6.07, 6.45) is 2.48. The molecule has 1 aromatic carbocycles. The number of nitrogens with one attached hydrogen (secondary N) is 1. The largest absolute Gasteiger partial charge is 0.471 e. The van der Waals surface area contributed by atoms with Crippen LogP contribution in [-0.4, -0.2) is 32.0 Å². The van der Waals surface area contributed by atoms with E-state index in [1.807, 2.05) is 49.7 Å². The summed E-state index contributed by atoms with van der Waals surface area (Å²) in [7, 11) is 0. The van der Waals surface area contributed by atoms with Crippen molar-refractivity contribution in [3.05, 3.63) is 64.2 Å². The SMILES string of the molecule is Cc1ccccc1OCn1ccc(C(=O)NCCCn2nc(C)c(Cl)c2C)n1. The second kappa shape index (κ2) is 8.93. The molecule has 0 saturated heterocycles. The van der Waals surface area contributed by atoms with Gasteiger partial charge in [0, 0.05) is 19.3 Å². The Bertz CT molecular complexity index is 963. The first kappa shape index (κ1) is 19.9. The van der Waals surface area contributed by atoms with Crippen molar-refractivity contribution in [3.63, 3.8) is 0 Å². The quantitative estimate of drug-likeness (QED) is 0.586. The Balaban J connectivity index is 1.45. The van der Waals surface area contributed by atoms with Crippen molar-refractivity contribution >= 4 is 17.5 Å². The molecule has 3 rings (SSSR count). The number of ether oxygens (including phenoxy) is 1. The molecule has 148 valence electrons. The summed E-state index contributed by atoms with van der Waals surface area (Å²) in [5, 5.41) is 12.2. The number of hydrogen-bond donors (Lipinski definition) is 1. The highest BCUT2D eigenvalue weighted by Gasteiger charge is 2.11. The number of aromatic nitrogens is 4. The molecule has 0 fully saturated rings. The molecular formula is C20H24ClN5O2. The molecule has 0 aliphatic rings. The van der Waals surface area contributed by atoms with E-state index >= 15 is 0 Å². The predicted molar refractivity (Wildman–Crippen MR) is 108 cm³/mol. The number of aryl methyl sites for hydroxylation is 3. The molecule has 2 aromatic heterocycles. The molecule has 0 bridgehead atoms. The Morgan fingerprint density at radius 2 is 1.96 bits per heavy atom. The van der Waals surface area contributed by atoms with E-state index in [2.05, 4.69) is 15.5 Å². The topological polar surface area (TPSA) is 74.0 Å². The molecule has 0 radical (unpaired) electrons. The Morgan fingerprint density at radius 1 is 1.18 bits per heavy atom. The molecule has 0 spiro atoms. The first-order valence-corrected chi connectivity index (χ1v) is 9.53. The molecule has 1 N–H and O–H groups in total. The van der Waals surface area contributed by atoms with E-state index in [9.17, 15) is 4.79 Å². The second-order valence-corrected chi connectivity index (χ2v) is 6.97. The summed E-state index contributed by atoms with van der Waals surface area (Å²) in [5.74, 6) is 0.592. The molecule has 3 aromatic rings. The highest BCUT2D eigenvalue weighted by atomic mass is 35.5. The van der Waals surface area contributed by atoms with Crippen molar-refractivity contribution in [2.45, 2.75) is 40.5 Å². The fourth-order valence-corrected chi connectivity index (χ4v) is 2.96. The molecule has 0 aliphatic carbocycles. The van der Waals surface area contributed by atoms with E-state index in [4.69, 9.17) is 16.3 Å². The number of hydrogen-bond acceptors (Lipinski definition) is 4. The van der Waals surface area contributed by atoms with Crippen LogP contribution in [0.3, 0.4) is 0 Å². The van der Waals surface area contributed by atoms with Crippen molar-refractivity contribution in [2.24, 2.45) is 0 Å². The number of carbonyl (C=O) groups excluding carboxylic acids is 1. The Morgan fingerprint density at radius 3 is 2.68 bits per heavy atom. The van der Waals surface area contributed by atoms with Gasteiger partial charge in [-0.3, -0.25) is 9.48 Å². The van der Waals surface area contributed by atoms with E-state index in [1.54, 1.807) is 16.9 Å². The minimum Gasteiger partial charge on any atom is -0.471 e. The normalized spacial score (nSPS) is 10.9. The van der Waals surface area contributed by atoms with Crippen molar-refractivity contribution in [1.82, 2.24) is 24.9 Å². The molecule has 0 aliphatic heterocycles. The van der Waals surface area contributed by atoms with Gasteiger partial charge in [0.15, 0.2) is 6.73 Å². The maximum absolute atomic E-state index is 12.3. The number of nitrogens with zero attached hydrogens (tertiary/aromatic N) is 4. The van der Waals surface area contributed by atoms with Crippen LogP contribution >= 0.6 is 11.6 Å². The number of carbonyl (C=O) groups is 1. The minimum absolute atomic E-state index is 0.207. The number of para-hydroxylation sites is 1. The van der Waals surface area contributed by atoms with Crippen molar-refractivity contribution in [3.8, 4) is 5.75 Å². The standard InChI is InChI=1S/C20H24ClN5O2/c1-14-7-4-5-8-18(14)28-13-25-12-9-17(24-25)20(27)22-10-6-11-26-16(3)19(21)15(2)23-26/h4-5,7-9,12H,6,10-11,13H2,1-3H3,(H,22,27). The molecular weight excluding hydrogens is 378 g/mol. The zero-order valence-electron chi connectivity index (χ0n) is 16.3.